The molecule has 0 bridgehead atoms. The molecule has 0 aromatic heterocycles. The average Bonchev–Trinajstić information content (AvgIpc) is 2.43. The maximum absolute atomic E-state index is 11.7. The number of carboxylic acid groups (broad SMARTS) is 1. The van der Waals surface area contributed by atoms with E-state index >= 15 is 0 Å². The van der Waals surface area contributed by atoms with Gasteiger partial charge in [-0.15, -0.1) is 0 Å². The Morgan fingerprint density at radius 3 is 2.70 bits per heavy atom. The summed E-state index contributed by atoms with van der Waals surface area (Å²) >= 11 is 0. The standard InChI is InChI=1S/C14H19NO5/c1-3-20-8-4-5-13(16)15-11-7-6-10(14(17)18)9-12(11)19-2/h6-7,9H,3-5,8H2,1-2H3,(H,15,16)(H,17,18). The molecule has 0 saturated heterocycles. The van der Waals surface area contributed by atoms with E-state index in [4.69, 9.17) is 14.6 Å². The summed E-state index contributed by atoms with van der Waals surface area (Å²) in [6.07, 6.45) is 0.971. The second-order valence-electron chi connectivity index (χ2n) is 4.07. The molecule has 0 radical (unpaired) electrons. The lowest BCUT2D eigenvalue weighted by Gasteiger charge is -2.11. The van der Waals surface area contributed by atoms with Crippen molar-refractivity contribution in [2.75, 3.05) is 25.6 Å². The molecular weight excluding hydrogens is 262 g/mol. The molecule has 0 aliphatic rings. The van der Waals surface area contributed by atoms with Gasteiger partial charge in [-0.1, -0.05) is 0 Å². The van der Waals surface area contributed by atoms with Crippen LogP contribution < -0.4 is 10.1 Å². The lowest BCUT2D eigenvalue weighted by atomic mass is 10.2. The number of hydrogen-bond acceptors (Lipinski definition) is 4. The fourth-order valence-corrected chi connectivity index (χ4v) is 1.62. The van der Waals surface area contributed by atoms with Gasteiger partial charge in [0.05, 0.1) is 18.4 Å². The predicted molar refractivity (Wildman–Crippen MR) is 74.3 cm³/mol. The predicted octanol–water partition coefficient (Wildman–Crippen LogP) is 2.15. The van der Waals surface area contributed by atoms with Gasteiger partial charge in [0.15, 0.2) is 0 Å². The van der Waals surface area contributed by atoms with Crippen molar-refractivity contribution in [3.05, 3.63) is 23.8 Å². The van der Waals surface area contributed by atoms with E-state index in [-0.39, 0.29) is 11.5 Å². The van der Waals surface area contributed by atoms with Crippen molar-refractivity contribution < 1.29 is 24.2 Å². The summed E-state index contributed by atoms with van der Waals surface area (Å²) in [5.74, 6) is -0.882. The van der Waals surface area contributed by atoms with Gasteiger partial charge in [0.2, 0.25) is 5.91 Å². The first-order valence-electron chi connectivity index (χ1n) is 6.37. The lowest BCUT2D eigenvalue weighted by Crippen LogP contribution is -2.13. The average molecular weight is 281 g/mol. The number of ether oxygens (including phenoxy) is 2. The molecule has 2 N–H and O–H groups in total. The minimum absolute atomic E-state index is 0.108. The zero-order chi connectivity index (χ0) is 15.0. The molecular formula is C14H19NO5. The SMILES string of the molecule is CCOCCCC(=O)Nc1ccc(C(=O)O)cc1OC. The van der Waals surface area contributed by atoms with Gasteiger partial charge in [0, 0.05) is 19.6 Å². The number of hydrogen-bond donors (Lipinski definition) is 2. The fraction of sp³-hybridized carbons (Fsp3) is 0.429. The third-order valence-electron chi connectivity index (χ3n) is 2.62. The summed E-state index contributed by atoms with van der Waals surface area (Å²) in [5, 5.41) is 11.6. The lowest BCUT2D eigenvalue weighted by molar-refractivity contribution is -0.116. The first-order chi connectivity index (χ1) is 9.58. The Balaban J connectivity index is 2.62. The summed E-state index contributed by atoms with van der Waals surface area (Å²) in [4.78, 5) is 22.6. The first kappa shape index (κ1) is 16.0. The second-order valence-corrected chi connectivity index (χ2v) is 4.07. The van der Waals surface area contributed by atoms with Crippen molar-refractivity contribution in [1.29, 1.82) is 0 Å². The number of carbonyl (C=O) groups is 2. The molecule has 6 heteroatoms. The fourth-order valence-electron chi connectivity index (χ4n) is 1.62. The highest BCUT2D eigenvalue weighted by Gasteiger charge is 2.11. The summed E-state index contributed by atoms with van der Waals surface area (Å²) in [6.45, 7) is 3.07. The van der Waals surface area contributed by atoms with Crippen molar-refractivity contribution in [1.82, 2.24) is 0 Å². The van der Waals surface area contributed by atoms with E-state index in [0.717, 1.165) is 0 Å². The van der Waals surface area contributed by atoms with Crippen LogP contribution in [0.3, 0.4) is 0 Å². The van der Waals surface area contributed by atoms with E-state index < -0.39 is 5.97 Å². The number of carbonyl (C=O) groups excluding carboxylic acids is 1. The van der Waals surface area contributed by atoms with E-state index in [9.17, 15) is 9.59 Å². The van der Waals surface area contributed by atoms with Gasteiger partial charge in [0.1, 0.15) is 5.75 Å². The first-order valence-corrected chi connectivity index (χ1v) is 6.37. The smallest absolute Gasteiger partial charge is 0.335 e. The van der Waals surface area contributed by atoms with Crippen LogP contribution in [0.15, 0.2) is 18.2 Å². The number of anilines is 1. The third kappa shape index (κ3) is 4.89. The highest BCUT2D eigenvalue weighted by molar-refractivity contribution is 5.94. The Hall–Kier alpha value is -2.08. The van der Waals surface area contributed by atoms with E-state index in [1.54, 1.807) is 0 Å². The summed E-state index contributed by atoms with van der Waals surface area (Å²) in [7, 11) is 1.42. The van der Waals surface area contributed by atoms with Crippen molar-refractivity contribution in [2.45, 2.75) is 19.8 Å². The van der Waals surface area contributed by atoms with E-state index in [0.29, 0.717) is 37.5 Å². The number of amides is 1. The third-order valence-corrected chi connectivity index (χ3v) is 2.62. The van der Waals surface area contributed by atoms with Crippen molar-refractivity contribution in [3.63, 3.8) is 0 Å². The molecule has 0 saturated carbocycles. The van der Waals surface area contributed by atoms with E-state index in [1.807, 2.05) is 6.92 Å². The maximum atomic E-state index is 11.7. The Morgan fingerprint density at radius 2 is 2.10 bits per heavy atom. The Morgan fingerprint density at radius 1 is 1.35 bits per heavy atom. The van der Waals surface area contributed by atoms with Crippen LogP contribution in [0, 0.1) is 0 Å². The zero-order valence-electron chi connectivity index (χ0n) is 11.6. The molecule has 6 nitrogen and oxygen atoms in total. The number of aromatic carboxylic acids is 1. The quantitative estimate of drug-likeness (QED) is 0.713. The Kier molecular flexibility index (Phi) is 6.52. The molecule has 0 fully saturated rings. The normalized spacial score (nSPS) is 10.1. The Bertz CT molecular complexity index is 473. The number of rotatable bonds is 8. The van der Waals surface area contributed by atoms with Gasteiger partial charge in [-0.05, 0) is 31.5 Å². The molecule has 1 amide bonds. The van der Waals surface area contributed by atoms with Crippen LogP contribution in [-0.2, 0) is 9.53 Å². The van der Waals surface area contributed by atoms with Gasteiger partial charge < -0.3 is 19.9 Å². The summed E-state index contributed by atoms with van der Waals surface area (Å²) in [5.41, 5.74) is 0.565. The molecule has 20 heavy (non-hydrogen) atoms. The number of nitrogens with one attached hydrogen (secondary N) is 1. The molecule has 1 aromatic rings. The Labute approximate surface area is 117 Å². The van der Waals surface area contributed by atoms with Crippen molar-refractivity contribution in [3.8, 4) is 5.75 Å². The van der Waals surface area contributed by atoms with Crippen LogP contribution >= 0.6 is 0 Å². The van der Waals surface area contributed by atoms with E-state index in [2.05, 4.69) is 5.32 Å². The number of methoxy groups -OCH3 is 1. The van der Waals surface area contributed by atoms with Crippen LogP contribution in [0.2, 0.25) is 0 Å². The van der Waals surface area contributed by atoms with Crippen LogP contribution in [0.25, 0.3) is 0 Å². The number of carboxylic acids is 1. The molecule has 110 valence electrons. The summed E-state index contributed by atoms with van der Waals surface area (Å²) < 4.78 is 10.2. The topological polar surface area (TPSA) is 84.9 Å². The highest BCUT2D eigenvalue weighted by Crippen LogP contribution is 2.25. The summed E-state index contributed by atoms with van der Waals surface area (Å²) in [6, 6.07) is 4.31. The van der Waals surface area contributed by atoms with Gasteiger partial charge >= 0.3 is 5.97 Å². The minimum Gasteiger partial charge on any atom is -0.495 e. The van der Waals surface area contributed by atoms with Gasteiger partial charge in [-0.3, -0.25) is 4.79 Å². The highest BCUT2D eigenvalue weighted by atomic mass is 16.5. The molecule has 0 unspecified atom stereocenters. The van der Waals surface area contributed by atoms with Crippen molar-refractivity contribution in [2.24, 2.45) is 0 Å². The molecule has 1 rings (SSSR count). The van der Waals surface area contributed by atoms with Gasteiger partial charge in [0.25, 0.3) is 0 Å². The van der Waals surface area contributed by atoms with Crippen LogP contribution in [0.4, 0.5) is 5.69 Å². The maximum Gasteiger partial charge on any atom is 0.335 e. The molecule has 0 aliphatic carbocycles. The van der Waals surface area contributed by atoms with Gasteiger partial charge in [-0.2, -0.15) is 0 Å². The van der Waals surface area contributed by atoms with Crippen LogP contribution in [0.1, 0.15) is 30.1 Å². The van der Waals surface area contributed by atoms with Crippen LogP contribution in [-0.4, -0.2) is 37.3 Å². The monoisotopic (exact) mass is 281 g/mol. The van der Waals surface area contributed by atoms with Crippen LogP contribution in [0.5, 0.6) is 5.75 Å². The zero-order valence-corrected chi connectivity index (χ0v) is 11.6. The van der Waals surface area contributed by atoms with Gasteiger partial charge in [-0.25, -0.2) is 4.79 Å². The molecule has 0 heterocycles. The molecule has 1 aromatic carbocycles. The number of benzene rings is 1. The largest absolute Gasteiger partial charge is 0.495 e. The minimum atomic E-state index is -1.04. The second kappa shape index (κ2) is 8.16. The molecule has 0 aliphatic heterocycles. The van der Waals surface area contributed by atoms with Crippen molar-refractivity contribution >= 4 is 17.6 Å². The molecule has 0 atom stereocenters. The van der Waals surface area contributed by atoms with E-state index in [1.165, 1.54) is 25.3 Å². The molecule has 0 spiro atoms.